The van der Waals surface area contributed by atoms with Crippen LogP contribution >= 0.6 is 27.5 Å². The number of hydrogen-bond acceptors (Lipinski definition) is 6. The van der Waals surface area contributed by atoms with Gasteiger partial charge < -0.3 is 19.7 Å². The molecule has 0 spiro atoms. The molecule has 3 aromatic rings. The van der Waals surface area contributed by atoms with E-state index in [9.17, 15) is 4.39 Å². The van der Waals surface area contributed by atoms with Crippen molar-refractivity contribution in [1.82, 2.24) is 14.9 Å². The highest BCUT2D eigenvalue weighted by molar-refractivity contribution is 9.10. The van der Waals surface area contributed by atoms with E-state index in [2.05, 4.69) is 50.0 Å². The molecule has 1 N–H and O–H groups in total. The van der Waals surface area contributed by atoms with E-state index in [0.717, 1.165) is 11.8 Å². The zero-order valence-corrected chi connectivity index (χ0v) is 22.4. The third-order valence-electron chi connectivity index (χ3n) is 7.29. The standard InChI is InChI=1S/C26H29BrClFN4O2/c1-14(2)33-10-16-6-15(7-17(16)11-33)12-35-23-9-21-18(8-22(23)34-3)26(31-13-30-21)32-20-5-4-19(27)24(28)25(20)29/h4-5,8-9,13-17H,6-7,10-12H2,1-3H3,(H,30,31,32). The molecule has 5 rings (SSSR count). The van der Waals surface area contributed by atoms with Gasteiger partial charge in [0.05, 0.1) is 29.9 Å². The molecule has 35 heavy (non-hydrogen) atoms. The molecule has 2 unspecified atom stereocenters. The second-order valence-electron chi connectivity index (χ2n) is 9.81. The zero-order valence-electron chi connectivity index (χ0n) is 20.0. The van der Waals surface area contributed by atoms with Gasteiger partial charge in [-0.1, -0.05) is 11.6 Å². The Hall–Kier alpha value is -2.16. The highest BCUT2D eigenvalue weighted by Crippen LogP contribution is 2.43. The Morgan fingerprint density at radius 3 is 2.60 bits per heavy atom. The molecule has 1 saturated heterocycles. The number of methoxy groups -OCH3 is 1. The maximum Gasteiger partial charge on any atom is 0.166 e. The van der Waals surface area contributed by atoms with Crippen LogP contribution in [0.4, 0.5) is 15.9 Å². The molecule has 2 fully saturated rings. The van der Waals surface area contributed by atoms with Crippen LogP contribution in [0, 0.1) is 23.6 Å². The first-order valence-electron chi connectivity index (χ1n) is 11.9. The van der Waals surface area contributed by atoms with Gasteiger partial charge in [0.1, 0.15) is 12.1 Å². The molecule has 1 aliphatic heterocycles. The summed E-state index contributed by atoms with van der Waals surface area (Å²) in [6, 6.07) is 7.60. The summed E-state index contributed by atoms with van der Waals surface area (Å²) < 4.78 is 27.0. The number of benzene rings is 2. The van der Waals surface area contributed by atoms with Crippen LogP contribution in [0.3, 0.4) is 0 Å². The minimum atomic E-state index is -0.558. The lowest BCUT2D eigenvalue weighted by atomic mass is 10.0. The normalized spacial score (nSPS) is 22.1. The summed E-state index contributed by atoms with van der Waals surface area (Å²) >= 11 is 9.28. The number of aromatic nitrogens is 2. The Morgan fingerprint density at radius 1 is 1.17 bits per heavy atom. The molecule has 1 saturated carbocycles. The van der Waals surface area contributed by atoms with E-state index in [1.165, 1.54) is 32.3 Å². The van der Waals surface area contributed by atoms with E-state index in [1.807, 2.05) is 12.1 Å². The van der Waals surface area contributed by atoms with Crippen molar-refractivity contribution in [1.29, 1.82) is 0 Å². The number of nitrogens with zero attached hydrogens (tertiary/aromatic N) is 3. The van der Waals surface area contributed by atoms with Crippen LogP contribution in [0.5, 0.6) is 11.5 Å². The summed E-state index contributed by atoms with van der Waals surface area (Å²) in [6.07, 6.45) is 3.86. The predicted octanol–water partition coefficient (Wildman–Crippen LogP) is 6.68. The summed E-state index contributed by atoms with van der Waals surface area (Å²) in [4.78, 5) is 11.3. The lowest BCUT2D eigenvalue weighted by Gasteiger charge is -2.22. The molecule has 2 aliphatic rings. The van der Waals surface area contributed by atoms with Crippen molar-refractivity contribution in [3.8, 4) is 11.5 Å². The number of nitrogens with one attached hydrogen (secondary N) is 1. The van der Waals surface area contributed by atoms with Gasteiger partial charge in [0.15, 0.2) is 17.3 Å². The first-order valence-corrected chi connectivity index (χ1v) is 13.1. The Labute approximate surface area is 218 Å². The minimum absolute atomic E-state index is 0.00888. The summed E-state index contributed by atoms with van der Waals surface area (Å²) in [5.41, 5.74) is 0.901. The highest BCUT2D eigenvalue weighted by Gasteiger charge is 2.41. The molecule has 1 aliphatic carbocycles. The SMILES string of the molecule is COc1cc2c(Nc3ccc(Br)c(Cl)c3F)ncnc2cc1OCC1CC2CN(C(C)C)CC2C1. The molecule has 9 heteroatoms. The third-order valence-corrected chi connectivity index (χ3v) is 8.55. The van der Waals surface area contributed by atoms with Crippen LogP contribution in [-0.2, 0) is 0 Å². The van der Waals surface area contributed by atoms with Gasteiger partial charge in [-0.3, -0.25) is 0 Å². The minimum Gasteiger partial charge on any atom is -0.493 e. The fraction of sp³-hybridized carbons (Fsp3) is 0.462. The van der Waals surface area contributed by atoms with Gasteiger partial charge in [-0.05, 0) is 78.6 Å². The van der Waals surface area contributed by atoms with Gasteiger partial charge in [-0.2, -0.15) is 0 Å². The van der Waals surface area contributed by atoms with Crippen molar-refractivity contribution in [2.24, 2.45) is 17.8 Å². The van der Waals surface area contributed by atoms with Gasteiger partial charge in [0.2, 0.25) is 0 Å². The maximum atomic E-state index is 14.6. The highest BCUT2D eigenvalue weighted by atomic mass is 79.9. The van der Waals surface area contributed by atoms with Gasteiger partial charge in [-0.15, -0.1) is 0 Å². The average Bonchev–Trinajstić information content (AvgIpc) is 3.42. The van der Waals surface area contributed by atoms with E-state index < -0.39 is 5.82 Å². The van der Waals surface area contributed by atoms with Crippen molar-refractivity contribution in [3.63, 3.8) is 0 Å². The van der Waals surface area contributed by atoms with Crippen molar-refractivity contribution in [2.45, 2.75) is 32.7 Å². The monoisotopic (exact) mass is 562 g/mol. The Kier molecular flexibility index (Phi) is 7.06. The number of rotatable bonds is 7. The first kappa shape index (κ1) is 24.5. The molecule has 2 heterocycles. The van der Waals surface area contributed by atoms with Crippen molar-refractivity contribution in [3.05, 3.63) is 45.9 Å². The number of halogens is 3. The van der Waals surface area contributed by atoms with Crippen LogP contribution in [0.15, 0.2) is 35.1 Å². The topological polar surface area (TPSA) is 59.5 Å². The van der Waals surface area contributed by atoms with E-state index >= 15 is 0 Å². The third kappa shape index (κ3) is 4.93. The Balaban J connectivity index is 1.32. The average molecular weight is 564 g/mol. The van der Waals surface area contributed by atoms with Crippen LogP contribution in [0.2, 0.25) is 5.02 Å². The molecule has 2 aromatic carbocycles. The molecule has 1 aromatic heterocycles. The van der Waals surface area contributed by atoms with E-state index in [1.54, 1.807) is 19.2 Å². The van der Waals surface area contributed by atoms with Crippen molar-refractivity contribution in [2.75, 3.05) is 32.1 Å². The lowest BCUT2D eigenvalue weighted by Crippen LogP contribution is -2.29. The second kappa shape index (κ2) is 10.1. The fourth-order valence-electron chi connectivity index (χ4n) is 5.41. The molecular formula is C26H29BrClFN4O2. The molecule has 0 bridgehead atoms. The molecule has 2 atom stereocenters. The maximum absolute atomic E-state index is 14.6. The lowest BCUT2D eigenvalue weighted by molar-refractivity contribution is 0.209. The first-order chi connectivity index (χ1) is 16.8. The van der Waals surface area contributed by atoms with Gasteiger partial charge in [-0.25, -0.2) is 14.4 Å². The largest absolute Gasteiger partial charge is 0.493 e. The number of ether oxygens (including phenoxy) is 2. The molecule has 6 nitrogen and oxygen atoms in total. The Bertz CT molecular complexity index is 1230. The number of anilines is 2. The van der Waals surface area contributed by atoms with Crippen LogP contribution in [0.1, 0.15) is 26.7 Å². The summed E-state index contributed by atoms with van der Waals surface area (Å²) in [7, 11) is 1.61. The van der Waals surface area contributed by atoms with Gasteiger partial charge in [0, 0.05) is 35.1 Å². The number of fused-ring (bicyclic) bond motifs is 2. The smallest absolute Gasteiger partial charge is 0.166 e. The van der Waals surface area contributed by atoms with Crippen molar-refractivity contribution < 1.29 is 13.9 Å². The number of hydrogen-bond donors (Lipinski definition) is 1. The Morgan fingerprint density at radius 2 is 1.91 bits per heavy atom. The predicted molar refractivity (Wildman–Crippen MR) is 140 cm³/mol. The van der Waals surface area contributed by atoms with Crippen LogP contribution in [-0.4, -0.2) is 47.7 Å². The van der Waals surface area contributed by atoms with Gasteiger partial charge >= 0.3 is 0 Å². The molecule has 0 amide bonds. The second-order valence-corrected chi connectivity index (χ2v) is 11.0. The summed E-state index contributed by atoms with van der Waals surface area (Å²) in [6.45, 7) is 7.63. The van der Waals surface area contributed by atoms with Crippen molar-refractivity contribution >= 4 is 49.9 Å². The summed E-state index contributed by atoms with van der Waals surface area (Å²) in [5.74, 6) is 3.24. The van der Waals surface area contributed by atoms with Crippen LogP contribution in [0.25, 0.3) is 10.9 Å². The molecule has 186 valence electrons. The number of likely N-dealkylation sites (tertiary alicyclic amines) is 1. The van der Waals surface area contributed by atoms with Crippen LogP contribution < -0.4 is 14.8 Å². The zero-order chi connectivity index (χ0) is 24.7. The summed E-state index contributed by atoms with van der Waals surface area (Å²) in [5, 5.41) is 3.74. The molecular weight excluding hydrogens is 535 g/mol. The fourth-order valence-corrected chi connectivity index (χ4v) is 5.88. The van der Waals surface area contributed by atoms with E-state index in [0.29, 0.717) is 51.3 Å². The van der Waals surface area contributed by atoms with E-state index in [-0.39, 0.29) is 10.7 Å². The van der Waals surface area contributed by atoms with Gasteiger partial charge in [0.25, 0.3) is 0 Å². The van der Waals surface area contributed by atoms with E-state index in [4.69, 9.17) is 21.1 Å². The quantitative estimate of drug-likeness (QED) is 0.324. The molecule has 0 radical (unpaired) electrons.